The summed E-state index contributed by atoms with van der Waals surface area (Å²) in [6.45, 7) is 1.25. The molecule has 0 unspecified atom stereocenters. The number of aryl methyl sites for hydroxylation is 1. The van der Waals surface area contributed by atoms with Crippen LogP contribution < -0.4 is 4.74 Å². The number of benzene rings is 1. The van der Waals surface area contributed by atoms with Gasteiger partial charge in [0.2, 0.25) is 0 Å². The number of halogens is 1. The first-order valence-corrected chi connectivity index (χ1v) is 5.68. The Morgan fingerprint density at radius 1 is 1.56 bits per heavy atom. The highest BCUT2D eigenvalue weighted by atomic mass is 79.9. The molecule has 1 aromatic carbocycles. The van der Waals surface area contributed by atoms with Crippen molar-refractivity contribution in [1.82, 2.24) is 0 Å². The third-order valence-corrected chi connectivity index (χ3v) is 2.28. The smallest absolute Gasteiger partial charge is 0.308 e. The van der Waals surface area contributed by atoms with Gasteiger partial charge in [-0.3, -0.25) is 14.9 Å². The number of esters is 1. The van der Waals surface area contributed by atoms with Crippen LogP contribution in [-0.2, 0) is 11.2 Å². The monoisotopic (exact) mass is 287 g/mol. The zero-order chi connectivity index (χ0) is 12.1. The largest absolute Gasteiger partial charge is 0.426 e. The Hall–Kier alpha value is -1.43. The fraction of sp³-hybridized carbons (Fsp3) is 0.300. The fourth-order valence-corrected chi connectivity index (χ4v) is 1.68. The van der Waals surface area contributed by atoms with Crippen LogP contribution in [0.5, 0.6) is 5.75 Å². The minimum Gasteiger partial charge on any atom is -0.426 e. The molecule has 0 heterocycles. The second kappa shape index (κ2) is 5.60. The molecule has 5 nitrogen and oxygen atoms in total. The van der Waals surface area contributed by atoms with Crippen LogP contribution in [0.2, 0.25) is 0 Å². The molecule has 1 rings (SSSR count). The summed E-state index contributed by atoms with van der Waals surface area (Å²) in [5.74, 6) is -0.305. The molecule has 0 aliphatic rings. The van der Waals surface area contributed by atoms with Gasteiger partial charge in [-0.25, -0.2) is 0 Å². The third-order valence-electron chi connectivity index (χ3n) is 1.88. The second-order valence-electron chi connectivity index (χ2n) is 3.08. The number of alkyl halides is 1. The molecule has 0 atom stereocenters. The van der Waals surface area contributed by atoms with Crippen LogP contribution in [0.1, 0.15) is 12.5 Å². The third kappa shape index (κ3) is 3.30. The number of hydrogen-bond donors (Lipinski definition) is 0. The van der Waals surface area contributed by atoms with Gasteiger partial charge in [-0.05, 0) is 18.6 Å². The molecule has 0 spiro atoms. The molecular weight excluding hydrogens is 278 g/mol. The summed E-state index contributed by atoms with van der Waals surface area (Å²) < 4.78 is 4.78. The van der Waals surface area contributed by atoms with Crippen molar-refractivity contribution >= 4 is 27.6 Å². The van der Waals surface area contributed by atoms with E-state index in [-0.39, 0.29) is 11.4 Å². The summed E-state index contributed by atoms with van der Waals surface area (Å²) in [7, 11) is 0. The Kier molecular flexibility index (Phi) is 4.42. The first-order chi connectivity index (χ1) is 7.54. The number of nitro benzene ring substituents is 1. The van der Waals surface area contributed by atoms with Gasteiger partial charge in [0.05, 0.1) is 11.0 Å². The van der Waals surface area contributed by atoms with Gasteiger partial charge in [-0.1, -0.05) is 15.9 Å². The molecule has 1 aromatic rings. The van der Waals surface area contributed by atoms with Crippen molar-refractivity contribution in [3.63, 3.8) is 0 Å². The number of carbonyl (C=O) groups is 1. The molecule has 0 aromatic heterocycles. The average Bonchev–Trinajstić information content (AvgIpc) is 2.19. The molecule has 0 saturated carbocycles. The standard InChI is InChI=1S/C10H10BrNO4/c1-7(13)16-9-3-2-8(4-5-11)10(6-9)12(14)15/h2-3,6H,4-5H2,1H3. The maximum absolute atomic E-state index is 10.8. The topological polar surface area (TPSA) is 69.4 Å². The zero-order valence-corrected chi connectivity index (χ0v) is 10.2. The van der Waals surface area contributed by atoms with E-state index in [1.165, 1.54) is 13.0 Å². The maximum Gasteiger partial charge on any atom is 0.308 e. The number of nitro groups is 1. The van der Waals surface area contributed by atoms with Crippen LogP contribution in [0.15, 0.2) is 18.2 Å². The van der Waals surface area contributed by atoms with E-state index < -0.39 is 10.9 Å². The molecule has 0 amide bonds. The Balaban J connectivity index is 3.06. The summed E-state index contributed by atoms with van der Waals surface area (Å²) in [4.78, 5) is 21.0. The molecular formula is C10H10BrNO4. The summed E-state index contributed by atoms with van der Waals surface area (Å²) in [6.07, 6.45) is 0.552. The minimum atomic E-state index is -0.498. The van der Waals surface area contributed by atoms with E-state index in [0.29, 0.717) is 17.3 Å². The molecule has 0 saturated heterocycles. The highest BCUT2D eigenvalue weighted by Gasteiger charge is 2.15. The van der Waals surface area contributed by atoms with Crippen LogP contribution in [0.3, 0.4) is 0 Å². The van der Waals surface area contributed by atoms with Crippen molar-refractivity contribution in [1.29, 1.82) is 0 Å². The quantitative estimate of drug-likeness (QED) is 0.280. The lowest BCUT2D eigenvalue weighted by Gasteiger charge is -2.04. The molecule has 0 bridgehead atoms. The van der Waals surface area contributed by atoms with Crippen molar-refractivity contribution in [2.45, 2.75) is 13.3 Å². The van der Waals surface area contributed by atoms with E-state index >= 15 is 0 Å². The van der Waals surface area contributed by atoms with Crippen molar-refractivity contribution < 1.29 is 14.5 Å². The zero-order valence-electron chi connectivity index (χ0n) is 8.60. The lowest BCUT2D eigenvalue weighted by atomic mass is 10.1. The lowest BCUT2D eigenvalue weighted by Crippen LogP contribution is -2.03. The van der Waals surface area contributed by atoms with Gasteiger partial charge >= 0.3 is 5.97 Å². The highest BCUT2D eigenvalue weighted by Crippen LogP contribution is 2.25. The van der Waals surface area contributed by atoms with Crippen LogP contribution in [0, 0.1) is 10.1 Å². The predicted octanol–water partition coefficient (Wildman–Crippen LogP) is 2.46. The molecule has 6 heteroatoms. The van der Waals surface area contributed by atoms with Gasteiger partial charge in [0.1, 0.15) is 5.75 Å². The fourth-order valence-electron chi connectivity index (χ4n) is 1.26. The van der Waals surface area contributed by atoms with Gasteiger partial charge in [0, 0.05) is 17.8 Å². The number of ether oxygens (including phenoxy) is 1. The predicted molar refractivity (Wildman–Crippen MR) is 61.9 cm³/mol. The van der Waals surface area contributed by atoms with Gasteiger partial charge in [0.15, 0.2) is 0 Å². The van der Waals surface area contributed by atoms with Gasteiger partial charge in [-0.15, -0.1) is 0 Å². The number of nitrogens with zero attached hydrogens (tertiary/aromatic N) is 1. The second-order valence-corrected chi connectivity index (χ2v) is 3.87. The molecule has 0 aliphatic carbocycles. The number of carbonyl (C=O) groups excluding carboxylic acids is 1. The Morgan fingerprint density at radius 2 is 2.25 bits per heavy atom. The first kappa shape index (κ1) is 12.6. The lowest BCUT2D eigenvalue weighted by molar-refractivity contribution is -0.385. The molecule has 16 heavy (non-hydrogen) atoms. The normalized spacial score (nSPS) is 9.88. The van der Waals surface area contributed by atoms with Crippen LogP contribution in [-0.4, -0.2) is 16.2 Å². The minimum absolute atomic E-state index is 0.0294. The summed E-state index contributed by atoms with van der Waals surface area (Å²) in [5.41, 5.74) is 0.580. The van der Waals surface area contributed by atoms with E-state index in [0.717, 1.165) is 0 Å². The van der Waals surface area contributed by atoms with Gasteiger partial charge in [-0.2, -0.15) is 0 Å². The summed E-state index contributed by atoms with van der Waals surface area (Å²) in [6, 6.07) is 4.41. The average molecular weight is 288 g/mol. The molecule has 0 radical (unpaired) electrons. The SMILES string of the molecule is CC(=O)Oc1ccc(CCBr)c([N+](=O)[O-])c1. The van der Waals surface area contributed by atoms with E-state index in [1.807, 2.05) is 0 Å². The van der Waals surface area contributed by atoms with E-state index in [1.54, 1.807) is 12.1 Å². The molecule has 0 N–H and O–H groups in total. The van der Waals surface area contributed by atoms with Crippen molar-refractivity contribution in [3.05, 3.63) is 33.9 Å². The van der Waals surface area contributed by atoms with Gasteiger partial charge in [0.25, 0.3) is 5.69 Å². The molecule has 0 fully saturated rings. The first-order valence-electron chi connectivity index (χ1n) is 4.56. The van der Waals surface area contributed by atoms with Crippen LogP contribution >= 0.6 is 15.9 Å². The van der Waals surface area contributed by atoms with E-state index in [9.17, 15) is 14.9 Å². The Bertz CT molecular complexity index is 419. The Labute approximate surface area is 101 Å². The molecule has 86 valence electrons. The van der Waals surface area contributed by atoms with Gasteiger partial charge < -0.3 is 4.74 Å². The maximum atomic E-state index is 10.8. The van der Waals surface area contributed by atoms with E-state index in [4.69, 9.17) is 4.74 Å². The van der Waals surface area contributed by atoms with Crippen molar-refractivity contribution in [3.8, 4) is 5.75 Å². The molecule has 0 aliphatic heterocycles. The van der Waals surface area contributed by atoms with Crippen molar-refractivity contribution in [2.75, 3.05) is 5.33 Å². The number of rotatable bonds is 4. The summed E-state index contributed by atoms with van der Waals surface area (Å²) >= 11 is 3.22. The van der Waals surface area contributed by atoms with Crippen LogP contribution in [0.4, 0.5) is 5.69 Å². The highest BCUT2D eigenvalue weighted by molar-refractivity contribution is 9.09. The van der Waals surface area contributed by atoms with Crippen molar-refractivity contribution in [2.24, 2.45) is 0 Å². The Morgan fingerprint density at radius 3 is 2.75 bits per heavy atom. The van der Waals surface area contributed by atoms with E-state index in [2.05, 4.69) is 15.9 Å². The number of hydrogen-bond acceptors (Lipinski definition) is 4. The van der Waals surface area contributed by atoms with Crippen LogP contribution in [0.25, 0.3) is 0 Å². The summed E-state index contributed by atoms with van der Waals surface area (Å²) in [5, 5.41) is 11.4.